The number of hydrogen-bond donors (Lipinski definition) is 1. The number of carboxylic acids is 1. The van der Waals surface area contributed by atoms with Crippen LogP contribution in [-0.2, 0) is 15.0 Å². The van der Waals surface area contributed by atoms with Crippen LogP contribution in [0.4, 0.5) is 4.39 Å². The highest BCUT2D eigenvalue weighted by Crippen LogP contribution is 2.65. The van der Waals surface area contributed by atoms with Crippen LogP contribution in [0.5, 0.6) is 0 Å². The number of benzene rings is 1. The maximum atomic E-state index is 13.4. The van der Waals surface area contributed by atoms with Crippen LogP contribution in [0, 0.1) is 35.4 Å². The van der Waals surface area contributed by atoms with Crippen molar-refractivity contribution in [3.05, 3.63) is 35.6 Å². The molecule has 0 amide bonds. The van der Waals surface area contributed by atoms with Crippen molar-refractivity contribution in [2.45, 2.75) is 44.4 Å². The van der Waals surface area contributed by atoms with E-state index in [2.05, 4.69) is 0 Å². The first-order valence-electron chi connectivity index (χ1n) is 8.90. The fourth-order valence-electron chi connectivity index (χ4n) is 6.53. The molecule has 24 heavy (non-hydrogen) atoms. The second-order valence-corrected chi connectivity index (χ2v) is 8.11. The standard InChI is InChI=1S/C20H23FO3/c1-11(22)19-12-6-15-8-13(19)9-16(7-12)20(15,10-18(23)24)14-2-4-17(21)5-3-14/h2-5,12-13,15-16,19H,6-10H2,1H3,(H,23,24). The van der Waals surface area contributed by atoms with E-state index >= 15 is 0 Å². The Morgan fingerprint density at radius 3 is 2.00 bits per heavy atom. The second-order valence-electron chi connectivity index (χ2n) is 8.11. The lowest BCUT2D eigenvalue weighted by Crippen LogP contribution is -2.60. The third-order valence-corrected chi connectivity index (χ3v) is 7.12. The van der Waals surface area contributed by atoms with E-state index in [0.717, 1.165) is 31.2 Å². The largest absolute Gasteiger partial charge is 0.481 e. The molecule has 4 saturated carbocycles. The number of rotatable bonds is 4. The molecule has 0 unspecified atom stereocenters. The van der Waals surface area contributed by atoms with Crippen molar-refractivity contribution < 1.29 is 19.1 Å². The molecule has 0 spiro atoms. The van der Waals surface area contributed by atoms with Crippen LogP contribution in [-0.4, -0.2) is 16.9 Å². The third-order valence-electron chi connectivity index (χ3n) is 7.12. The summed E-state index contributed by atoms with van der Waals surface area (Å²) >= 11 is 0. The molecule has 5 rings (SSSR count). The van der Waals surface area contributed by atoms with E-state index in [0.29, 0.717) is 17.6 Å². The predicted octanol–water partition coefficient (Wildman–Crippen LogP) is 3.81. The summed E-state index contributed by atoms with van der Waals surface area (Å²) in [4.78, 5) is 23.7. The van der Waals surface area contributed by atoms with Gasteiger partial charge in [-0.05, 0) is 74.0 Å². The number of aliphatic carboxylic acids is 1. The summed E-state index contributed by atoms with van der Waals surface area (Å²) in [5, 5.41) is 9.59. The second kappa shape index (κ2) is 5.40. The minimum Gasteiger partial charge on any atom is -0.481 e. The first kappa shape index (κ1) is 15.8. The van der Waals surface area contributed by atoms with E-state index in [1.807, 2.05) is 0 Å². The summed E-state index contributed by atoms with van der Waals surface area (Å²) in [6.07, 6.45) is 3.84. The van der Waals surface area contributed by atoms with E-state index < -0.39 is 11.4 Å². The van der Waals surface area contributed by atoms with Gasteiger partial charge in [-0.3, -0.25) is 9.59 Å². The number of carbonyl (C=O) groups is 2. The fourth-order valence-corrected chi connectivity index (χ4v) is 6.53. The molecule has 3 nitrogen and oxygen atoms in total. The molecule has 0 heterocycles. The minimum atomic E-state index is -0.782. The van der Waals surface area contributed by atoms with E-state index in [4.69, 9.17) is 0 Å². The van der Waals surface area contributed by atoms with Gasteiger partial charge in [0.2, 0.25) is 0 Å². The van der Waals surface area contributed by atoms with Gasteiger partial charge in [-0.25, -0.2) is 4.39 Å². The van der Waals surface area contributed by atoms with Crippen molar-refractivity contribution in [2.75, 3.05) is 0 Å². The Bertz CT molecular complexity index is 649. The first-order chi connectivity index (χ1) is 11.4. The summed E-state index contributed by atoms with van der Waals surface area (Å²) in [6.45, 7) is 1.71. The lowest BCUT2D eigenvalue weighted by atomic mass is 9.40. The van der Waals surface area contributed by atoms with E-state index in [1.165, 1.54) is 12.1 Å². The molecule has 0 aromatic heterocycles. The number of halogens is 1. The van der Waals surface area contributed by atoms with Gasteiger partial charge < -0.3 is 5.11 Å². The van der Waals surface area contributed by atoms with Crippen LogP contribution in [0.1, 0.15) is 44.6 Å². The molecular weight excluding hydrogens is 307 g/mol. The molecule has 0 radical (unpaired) electrons. The van der Waals surface area contributed by atoms with Crippen molar-refractivity contribution >= 4 is 11.8 Å². The summed E-state index contributed by atoms with van der Waals surface area (Å²) in [5.41, 5.74) is 0.577. The Kier molecular flexibility index (Phi) is 3.55. The van der Waals surface area contributed by atoms with Crippen LogP contribution in [0.3, 0.4) is 0 Å². The lowest BCUT2D eigenvalue weighted by molar-refractivity contribution is -0.154. The Labute approximate surface area is 141 Å². The monoisotopic (exact) mass is 330 g/mol. The summed E-state index contributed by atoms with van der Waals surface area (Å²) in [5.74, 6) is 0.802. The van der Waals surface area contributed by atoms with Gasteiger partial charge in [0.05, 0.1) is 6.42 Å². The molecular formula is C20H23FO3. The highest BCUT2D eigenvalue weighted by molar-refractivity contribution is 5.79. The summed E-state index contributed by atoms with van der Waals surface area (Å²) in [7, 11) is 0. The molecule has 128 valence electrons. The van der Waals surface area contributed by atoms with Crippen molar-refractivity contribution in [2.24, 2.45) is 29.6 Å². The van der Waals surface area contributed by atoms with Gasteiger partial charge in [0.25, 0.3) is 0 Å². The van der Waals surface area contributed by atoms with Crippen LogP contribution >= 0.6 is 0 Å². The third kappa shape index (κ3) is 2.15. The van der Waals surface area contributed by atoms with Gasteiger partial charge in [0.1, 0.15) is 11.6 Å². The Hall–Kier alpha value is -1.71. The Balaban J connectivity index is 1.76. The smallest absolute Gasteiger partial charge is 0.304 e. The quantitative estimate of drug-likeness (QED) is 0.913. The molecule has 0 saturated heterocycles. The Morgan fingerprint density at radius 2 is 1.58 bits per heavy atom. The van der Waals surface area contributed by atoms with Gasteiger partial charge in [0.15, 0.2) is 0 Å². The van der Waals surface area contributed by atoms with Gasteiger partial charge in [0, 0.05) is 11.3 Å². The van der Waals surface area contributed by atoms with Gasteiger partial charge >= 0.3 is 5.97 Å². The molecule has 4 aliphatic carbocycles. The van der Waals surface area contributed by atoms with Crippen molar-refractivity contribution in [1.82, 2.24) is 0 Å². The molecule has 4 heteroatoms. The van der Waals surface area contributed by atoms with E-state index in [1.54, 1.807) is 19.1 Å². The van der Waals surface area contributed by atoms with Gasteiger partial charge in [-0.15, -0.1) is 0 Å². The molecule has 1 N–H and O–H groups in total. The first-order valence-corrected chi connectivity index (χ1v) is 8.90. The average molecular weight is 330 g/mol. The van der Waals surface area contributed by atoms with Crippen LogP contribution in [0.25, 0.3) is 0 Å². The molecule has 0 atom stereocenters. The maximum Gasteiger partial charge on any atom is 0.304 e. The van der Waals surface area contributed by atoms with Crippen LogP contribution < -0.4 is 0 Å². The zero-order valence-corrected chi connectivity index (χ0v) is 13.9. The SMILES string of the molecule is CC(=O)C1C2CC3CC1CC(C2)C3(CC(=O)O)c1ccc(F)cc1. The van der Waals surface area contributed by atoms with E-state index in [9.17, 15) is 19.1 Å². The number of ketones is 1. The minimum absolute atomic E-state index is 0.109. The molecule has 4 bridgehead atoms. The van der Waals surface area contributed by atoms with Crippen molar-refractivity contribution in [3.63, 3.8) is 0 Å². The maximum absolute atomic E-state index is 13.4. The zero-order chi connectivity index (χ0) is 17.1. The molecule has 1 aromatic carbocycles. The fraction of sp³-hybridized carbons (Fsp3) is 0.600. The molecule has 4 fully saturated rings. The van der Waals surface area contributed by atoms with Gasteiger partial charge in [-0.2, -0.15) is 0 Å². The van der Waals surface area contributed by atoms with E-state index in [-0.39, 0.29) is 30.0 Å². The summed E-state index contributed by atoms with van der Waals surface area (Å²) in [6, 6.07) is 6.46. The van der Waals surface area contributed by atoms with Crippen LogP contribution in [0.15, 0.2) is 24.3 Å². The number of carboxylic acid groups (broad SMARTS) is 1. The summed E-state index contributed by atoms with van der Waals surface area (Å²) < 4.78 is 13.4. The highest BCUT2D eigenvalue weighted by atomic mass is 19.1. The molecule has 0 aliphatic heterocycles. The van der Waals surface area contributed by atoms with Gasteiger partial charge in [-0.1, -0.05) is 12.1 Å². The number of carbonyl (C=O) groups excluding carboxylic acids is 1. The predicted molar refractivity (Wildman–Crippen MR) is 86.9 cm³/mol. The zero-order valence-electron chi connectivity index (χ0n) is 13.9. The molecule has 4 aliphatic rings. The number of Topliss-reactive ketones (excluding diaryl/α,β-unsaturated/α-hetero) is 1. The normalized spacial score (nSPS) is 39.8. The lowest BCUT2D eigenvalue weighted by Gasteiger charge is -2.63. The topological polar surface area (TPSA) is 54.4 Å². The average Bonchev–Trinajstić information content (AvgIpc) is 2.50. The Morgan fingerprint density at radius 1 is 1.08 bits per heavy atom. The van der Waals surface area contributed by atoms with Crippen molar-refractivity contribution in [1.29, 1.82) is 0 Å². The van der Waals surface area contributed by atoms with Crippen LogP contribution in [0.2, 0.25) is 0 Å². The molecule has 1 aromatic rings. The highest BCUT2D eigenvalue weighted by Gasteiger charge is 2.61. The van der Waals surface area contributed by atoms with Crippen molar-refractivity contribution in [3.8, 4) is 0 Å². The number of hydrogen-bond acceptors (Lipinski definition) is 2.